The largest absolute Gasteiger partial charge is 0.371 e. The van der Waals surface area contributed by atoms with Crippen LogP contribution in [0.4, 0.5) is 11.4 Å². The molecule has 5 rings (SSSR count). The number of amides is 1. The minimum absolute atomic E-state index is 0.101. The molecule has 0 bridgehead atoms. The Hall–Kier alpha value is -4.27. The molecule has 0 fully saturated rings. The van der Waals surface area contributed by atoms with Gasteiger partial charge in [-0.3, -0.25) is 9.78 Å². The molecule has 2 aromatic carbocycles. The van der Waals surface area contributed by atoms with Crippen molar-refractivity contribution in [1.82, 2.24) is 30.5 Å². The van der Waals surface area contributed by atoms with E-state index in [0.717, 1.165) is 22.5 Å². The number of pyridine rings is 1. The van der Waals surface area contributed by atoms with Crippen LogP contribution >= 0.6 is 0 Å². The average molecular weight is 469 g/mol. The minimum Gasteiger partial charge on any atom is -0.371 e. The molecule has 0 saturated heterocycles. The van der Waals surface area contributed by atoms with E-state index in [2.05, 4.69) is 57.2 Å². The molecule has 1 aliphatic heterocycles. The number of benzene rings is 2. The summed E-state index contributed by atoms with van der Waals surface area (Å²) in [5.41, 5.74) is 3.26. The minimum atomic E-state index is -0.731. The summed E-state index contributed by atoms with van der Waals surface area (Å²) < 4.78 is 1.83. The average Bonchev–Trinajstić information content (AvgIpc) is 3.34. The number of hydrogen-bond donors (Lipinski definition) is 3. The van der Waals surface area contributed by atoms with Crippen molar-refractivity contribution in [2.45, 2.75) is 44.9 Å². The van der Waals surface area contributed by atoms with Crippen LogP contribution in [0.25, 0.3) is 0 Å². The van der Waals surface area contributed by atoms with E-state index in [1.165, 1.54) is 0 Å². The number of para-hydroxylation sites is 1. The Balaban J connectivity index is 1.45. The first-order valence-electron chi connectivity index (χ1n) is 11.5. The van der Waals surface area contributed by atoms with E-state index in [0.29, 0.717) is 11.4 Å². The first kappa shape index (κ1) is 22.5. The van der Waals surface area contributed by atoms with Gasteiger partial charge in [0, 0.05) is 23.8 Å². The number of carbonyl (C=O) groups excluding carboxylic acids is 1. The zero-order valence-electron chi connectivity index (χ0n) is 20.1. The summed E-state index contributed by atoms with van der Waals surface area (Å²) in [5, 5.41) is 22.7. The summed E-state index contributed by atoms with van der Waals surface area (Å²) >= 11 is 0. The number of tetrazole rings is 1. The summed E-state index contributed by atoms with van der Waals surface area (Å²) in [6.07, 6.45) is 3.52. The van der Waals surface area contributed by atoms with Crippen LogP contribution in [0, 0.1) is 0 Å². The van der Waals surface area contributed by atoms with Gasteiger partial charge in [-0.1, -0.05) is 24.3 Å². The number of nitrogens with one attached hydrogen (secondary N) is 3. The van der Waals surface area contributed by atoms with Crippen LogP contribution < -0.4 is 16.0 Å². The Bertz CT molecular complexity index is 1340. The lowest BCUT2D eigenvalue weighted by atomic mass is 9.96. The molecule has 1 amide bonds. The molecule has 1 aliphatic rings. The number of carbonyl (C=O) groups is 1. The van der Waals surface area contributed by atoms with Gasteiger partial charge < -0.3 is 16.0 Å². The zero-order chi connectivity index (χ0) is 24.6. The topological polar surface area (TPSA) is 110 Å². The van der Waals surface area contributed by atoms with Gasteiger partial charge in [-0.05, 0) is 85.6 Å². The SMILES string of the molecule is CC1(c2ccc(NC(c3ccncc3)c3nnnn3C(C)(C)C)cc2)NC(=O)c2ccccc2N1. The molecule has 2 atom stereocenters. The quantitative estimate of drug-likeness (QED) is 0.405. The van der Waals surface area contributed by atoms with E-state index in [1.54, 1.807) is 12.4 Å². The molecule has 0 spiro atoms. The Labute approximate surface area is 204 Å². The summed E-state index contributed by atoms with van der Waals surface area (Å²) in [7, 11) is 0. The maximum Gasteiger partial charge on any atom is 0.255 e. The van der Waals surface area contributed by atoms with Crippen molar-refractivity contribution in [3.63, 3.8) is 0 Å². The van der Waals surface area contributed by atoms with E-state index in [4.69, 9.17) is 0 Å². The standard InChI is InChI=1S/C26H28N8O/c1-25(2,3)34-23(31-32-33-34)22(17-13-15-27-16-14-17)28-19-11-9-18(10-12-19)26(4)29-21-8-6-5-7-20(21)24(35)30-26/h5-16,22,28-29H,1-4H3,(H,30,35). The summed E-state index contributed by atoms with van der Waals surface area (Å²) in [4.78, 5) is 16.9. The monoisotopic (exact) mass is 468 g/mol. The van der Waals surface area contributed by atoms with Crippen LogP contribution in [0.3, 0.4) is 0 Å². The predicted octanol–water partition coefficient (Wildman–Crippen LogP) is 4.05. The summed E-state index contributed by atoms with van der Waals surface area (Å²) in [6, 6.07) is 19.1. The second-order valence-electron chi connectivity index (χ2n) is 9.80. The van der Waals surface area contributed by atoms with Gasteiger partial charge in [0.2, 0.25) is 0 Å². The molecule has 9 heteroatoms. The fourth-order valence-corrected chi connectivity index (χ4v) is 4.30. The van der Waals surface area contributed by atoms with Crippen molar-refractivity contribution < 1.29 is 4.79 Å². The van der Waals surface area contributed by atoms with Gasteiger partial charge in [-0.25, -0.2) is 4.68 Å². The number of anilines is 2. The van der Waals surface area contributed by atoms with Crippen LogP contribution in [-0.4, -0.2) is 31.1 Å². The van der Waals surface area contributed by atoms with E-state index in [1.807, 2.05) is 72.3 Å². The van der Waals surface area contributed by atoms with Gasteiger partial charge in [0.25, 0.3) is 5.91 Å². The van der Waals surface area contributed by atoms with Crippen molar-refractivity contribution in [1.29, 1.82) is 0 Å². The van der Waals surface area contributed by atoms with Gasteiger partial charge >= 0.3 is 0 Å². The van der Waals surface area contributed by atoms with Crippen LogP contribution in [0.15, 0.2) is 73.1 Å². The molecule has 3 N–H and O–H groups in total. The van der Waals surface area contributed by atoms with Gasteiger partial charge in [0.1, 0.15) is 11.7 Å². The number of fused-ring (bicyclic) bond motifs is 1. The van der Waals surface area contributed by atoms with Gasteiger partial charge in [0.15, 0.2) is 5.82 Å². The molecule has 3 heterocycles. The highest BCUT2D eigenvalue weighted by atomic mass is 16.2. The molecular weight excluding hydrogens is 440 g/mol. The normalized spacial score (nSPS) is 18.2. The molecule has 0 radical (unpaired) electrons. The Morgan fingerprint density at radius 1 is 0.971 bits per heavy atom. The highest BCUT2D eigenvalue weighted by Gasteiger charge is 2.34. The third kappa shape index (κ3) is 4.32. The highest BCUT2D eigenvalue weighted by molar-refractivity contribution is 6.02. The number of aromatic nitrogens is 5. The summed E-state index contributed by atoms with van der Waals surface area (Å²) in [6.45, 7) is 8.15. The molecular formula is C26H28N8O. The lowest BCUT2D eigenvalue weighted by Crippen LogP contribution is -2.52. The molecule has 9 nitrogen and oxygen atoms in total. The predicted molar refractivity (Wildman–Crippen MR) is 134 cm³/mol. The maximum absolute atomic E-state index is 12.7. The Morgan fingerprint density at radius 3 is 2.40 bits per heavy atom. The number of rotatable bonds is 5. The molecule has 0 saturated carbocycles. The molecule has 35 heavy (non-hydrogen) atoms. The van der Waals surface area contributed by atoms with E-state index >= 15 is 0 Å². The first-order valence-corrected chi connectivity index (χ1v) is 11.5. The Morgan fingerprint density at radius 2 is 1.69 bits per heavy atom. The zero-order valence-corrected chi connectivity index (χ0v) is 20.1. The van der Waals surface area contributed by atoms with Gasteiger partial charge in [-0.2, -0.15) is 0 Å². The first-order chi connectivity index (χ1) is 16.7. The third-order valence-electron chi connectivity index (χ3n) is 6.12. The van der Waals surface area contributed by atoms with Gasteiger partial charge in [0.05, 0.1) is 11.1 Å². The lowest BCUT2D eigenvalue weighted by Gasteiger charge is -2.38. The molecule has 2 unspecified atom stereocenters. The smallest absolute Gasteiger partial charge is 0.255 e. The van der Waals surface area contributed by atoms with Crippen molar-refractivity contribution >= 4 is 17.3 Å². The van der Waals surface area contributed by atoms with E-state index in [-0.39, 0.29) is 17.5 Å². The third-order valence-corrected chi connectivity index (χ3v) is 6.12. The van der Waals surface area contributed by atoms with Crippen molar-refractivity contribution in [3.05, 3.63) is 95.6 Å². The number of nitrogens with zero attached hydrogens (tertiary/aromatic N) is 5. The van der Waals surface area contributed by atoms with Crippen molar-refractivity contribution in [2.75, 3.05) is 10.6 Å². The van der Waals surface area contributed by atoms with E-state index in [9.17, 15) is 4.79 Å². The van der Waals surface area contributed by atoms with E-state index < -0.39 is 5.66 Å². The van der Waals surface area contributed by atoms with Gasteiger partial charge in [-0.15, -0.1) is 5.10 Å². The maximum atomic E-state index is 12.7. The van der Waals surface area contributed by atoms with Crippen molar-refractivity contribution in [2.24, 2.45) is 0 Å². The number of hydrogen-bond acceptors (Lipinski definition) is 7. The second-order valence-corrected chi connectivity index (χ2v) is 9.80. The molecule has 178 valence electrons. The molecule has 2 aromatic heterocycles. The van der Waals surface area contributed by atoms with Crippen LogP contribution in [-0.2, 0) is 11.2 Å². The summed E-state index contributed by atoms with van der Waals surface area (Å²) in [5.74, 6) is 0.605. The molecule has 4 aromatic rings. The van der Waals surface area contributed by atoms with Crippen LogP contribution in [0.5, 0.6) is 0 Å². The van der Waals surface area contributed by atoms with Crippen LogP contribution in [0.1, 0.15) is 61.0 Å². The highest BCUT2D eigenvalue weighted by Crippen LogP contribution is 2.32. The fraction of sp³-hybridized carbons (Fsp3) is 0.269. The second kappa shape index (κ2) is 8.50. The Kier molecular flexibility index (Phi) is 5.47. The van der Waals surface area contributed by atoms with Crippen molar-refractivity contribution in [3.8, 4) is 0 Å². The fourth-order valence-electron chi connectivity index (χ4n) is 4.30. The lowest BCUT2D eigenvalue weighted by molar-refractivity contribution is 0.0906. The van der Waals surface area contributed by atoms with Crippen LogP contribution in [0.2, 0.25) is 0 Å². The molecule has 0 aliphatic carbocycles.